The summed E-state index contributed by atoms with van der Waals surface area (Å²) in [5.74, 6) is 0.736. The van der Waals surface area contributed by atoms with Crippen LogP contribution in [0.4, 0.5) is 0 Å². The van der Waals surface area contributed by atoms with E-state index in [0.717, 1.165) is 35.3 Å². The van der Waals surface area contributed by atoms with Gasteiger partial charge < -0.3 is 9.84 Å². The maximum absolute atomic E-state index is 10.9. The maximum atomic E-state index is 10.9. The molecule has 1 atom stereocenters. The first-order chi connectivity index (χ1) is 12.3. The topological polar surface area (TPSA) is 42.4 Å². The van der Waals surface area contributed by atoms with E-state index in [-0.39, 0.29) is 0 Å². The Labute approximate surface area is 148 Å². The summed E-state index contributed by atoms with van der Waals surface area (Å²) >= 11 is 0. The Morgan fingerprint density at radius 2 is 1.76 bits per heavy atom. The molecule has 128 valence electrons. The van der Waals surface area contributed by atoms with Crippen molar-refractivity contribution < 1.29 is 9.84 Å². The Kier molecular flexibility index (Phi) is 5.81. The van der Waals surface area contributed by atoms with Gasteiger partial charge in [-0.1, -0.05) is 67.9 Å². The molecule has 1 heterocycles. The minimum Gasteiger partial charge on any atom is -0.493 e. The predicted octanol–water partition coefficient (Wildman–Crippen LogP) is 5.01. The number of benzene rings is 2. The molecule has 3 rings (SSSR count). The molecule has 3 heteroatoms. The number of para-hydroxylation sites is 1. The fraction of sp³-hybridized carbons (Fsp3) is 0.227. The van der Waals surface area contributed by atoms with Crippen molar-refractivity contribution >= 4 is 0 Å². The van der Waals surface area contributed by atoms with Gasteiger partial charge in [-0.3, -0.25) is 4.98 Å². The summed E-state index contributed by atoms with van der Waals surface area (Å²) in [4.78, 5) is 4.29. The summed E-state index contributed by atoms with van der Waals surface area (Å²) in [7, 11) is 0. The van der Waals surface area contributed by atoms with Gasteiger partial charge in [-0.25, -0.2) is 0 Å². The third-order valence-electron chi connectivity index (χ3n) is 4.14. The predicted molar refractivity (Wildman–Crippen MR) is 101 cm³/mol. The Morgan fingerprint density at radius 3 is 2.48 bits per heavy atom. The van der Waals surface area contributed by atoms with E-state index in [1.54, 1.807) is 6.20 Å². The van der Waals surface area contributed by atoms with E-state index < -0.39 is 6.10 Å². The van der Waals surface area contributed by atoms with Crippen molar-refractivity contribution in [3.8, 4) is 16.9 Å². The van der Waals surface area contributed by atoms with Crippen LogP contribution in [0, 0.1) is 0 Å². The largest absolute Gasteiger partial charge is 0.493 e. The van der Waals surface area contributed by atoms with Crippen molar-refractivity contribution in [2.45, 2.75) is 25.9 Å². The second-order valence-corrected chi connectivity index (χ2v) is 5.95. The van der Waals surface area contributed by atoms with Crippen LogP contribution in [0.15, 0.2) is 72.9 Å². The van der Waals surface area contributed by atoms with E-state index in [2.05, 4.69) is 24.0 Å². The number of nitrogens with zero attached hydrogens (tertiary/aromatic N) is 1. The summed E-state index contributed by atoms with van der Waals surface area (Å²) < 4.78 is 6.12. The summed E-state index contributed by atoms with van der Waals surface area (Å²) in [6, 6.07) is 21.6. The minimum absolute atomic E-state index is 0.619. The van der Waals surface area contributed by atoms with E-state index in [1.165, 1.54) is 0 Å². The number of aliphatic hydroxyl groups is 1. The molecule has 0 spiro atoms. The summed E-state index contributed by atoms with van der Waals surface area (Å²) in [6.07, 6.45) is 2.91. The highest BCUT2D eigenvalue weighted by Gasteiger charge is 2.20. The zero-order valence-electron chi connectivity index (χ0n) is 14.4. The molecule has 3 aromatic rings. The first-order valence-corrected chi connectivity index (χ1v) is 8.71. The van der Waals surface area contributed by atoms with Crippen LogP contribution in [0.1, 0.15) is 37.1 Å². The highest BCUT2D eigenvalue weighted by atomic mass is 16.5. The highest BCUT2D eigenvalue weighted by Crippen LogP contribution is 2.38. The van der Waals surface area contributed by atoms with Gasteiger partial charge in [-0.15, -0.1) is 0 Å². The molecule has 0 aliphatic carbocycles. The fourth-order valence-corrected chi connectivity index (χ4v) is 2.79. The molecule has 0 bridgehead atoms. The van der Waals surface area contributed by atoms with Crippen LogP contribution >= 0.6 is 0 Å². The van der Waals surface area contributed by atoms with Gasteiger partial charge in [0, 0.05) is 17.3 Å². The lowest BCUT2D eigenvalue weighted by Gasteiger charge is -2.19. The van der Waals surface area contributed by atoms with E-state index in [0.29, 0.717) is 12.3 Å². The highest BCUT2D eigenvalue weighted by molar-refractivity contribution is 5.72. The molecule has 25 heavy (non-hydrogen) atoms. The molecule has 1 unspecified atom stereocenters. The molecular formula is C22H23NO2. The quantitative estimate of drug-likeness (QED) is 0.618. The normalized spacial score (nSPS) is 11.9. The van der Waals surface area contributed by atoms with Crippen molar-refractivity contribution in [3.05, 3.63) is 84.2 Å². The van der Waals surface area contributed by atoms with Gasteiger partial charge in [0.1, 0.15) is 11.9 Å². The number of rotatable bonds is 7. The molecular weight excluding hydrogens is 310 g/mol. The first-order valence-electron chi connectivity index (χ1n) is 8.71. The van der Waals surface area contributed by atoms with Crippen LogP contribution in [0.5, 0.6) is 5.75 Å². The Bertz CT molecular complexity index is 788. The first kappa shape index (κ1) is 17.2. The second-order valence-electron chi connectivity index (χ2n) is 5.95. The standard InChI is InChI=1S/C22H23NO2/c1-2-3-16-25-22-18(17-10-5-4-6-11-17)12-9-13-19(22)21(24)20-14-7-8-15-23-20/h4-15,21,24H,2-3,16H2,1H3. The van der Waals surface area contributed by atoms with Gasteiger partial charge in [0.2, 0.25) is 0 Å². The molecule has 0 saturated carbocycles. The van der Waals surface area contributed by atoms with Crippen LogP contribution in [0.25, 0.3) is 11.1 Å². The molecule has 0 aliphatic rings. The number of unbranched alkanes of at least 4 members (excludes halogenated alkanes) is 1. The Morgan fingerprint density at radius 1 is 0.960 bits per heavy atom. The molecule has 2 aromatic carbocycles. The zero-order valence-corrected chi connectivity index (χ0v) is 14.4. The molecule has 0 saturated heterocycles. The molecule has 3 nitrogen and oxygen atoms in total. The lowest BCUT2D eigenvalue weighted by Crippen LogP contribution is -2.07. The van der Waals surface area contributed by atoms with Gasteiger partial charge in [0.25, 0.3) is 0 Å². The number of aliphatic hydroxyl groups excluding tert-OH is 1. The fourth-order valence-electron chi connectivity index (χ4n) is 2.79. The van der Waals surface area contributed by atoms with Crippen molar-refractivity contribution in [2.75, 3.05) is 6.61 Å². The van der Waals surface area contributed by atoms with Gasteiger partial charge >= 0.3 is 0 Å². The van der Waals surface area contributed by atoms with Crippen molar-refractivity contribution in [1.29, 1.82) is 0 Å². The van der Waals surface area contributed by atoms with Crippen molar-refractivity contribution in [2.24, 2.45) is 0 Å². The average Bonchev–Trinajstić information content (AvgIpc) is 2.69. The van der Waals surface area contributed by atoms with Crippen molar-refractivity contribution in [1.82, 2.24) is 4.98 Å². The molecule has 0 amide bonds. The third kappa shape index (κ3) is 4.06. The zero-order chi connectivity index (χ0) is 17.5. The Hall–Kier alpha value is -2.65. The lowest BCUT2D eigenvalue weighted by atomic mass is 9.97. The van der Waals surface area contributed by atoms with Crippen LogP contribution in [-0.4, -0.2) is 16.7 Å². The molecule has 0 radical (unpaired) electrons. The van der Waals surface area contributed by atoms with E-state index in [1.807, 2.05) is 54.6 Å². The Balaban J connectivity index is 2.05. The smallest absolute Gasteiger partial charge is 0.133 e. The van der Waals surface area contributed by atoms with Gasteiger partial charge in [0.15, 0.2) is 0 Å². The second kappa shape index (κ2) is 8.45. The van der Waals surface area contributed by atoms with E-state index >= 15 is 0 Å². The van der Waals surface area contributed by atoms with Crippen molar-refractivity contribution in [3.63, 3.8) is 0 Å². The molecule has 0 aliphatic heterocycles. The van der Waals surface area contributed by atoms with Crippen LogP contribution in [-0.2, 0) is 0 Å². The summed E-state index contributed by atoms with van der Waals surface area (Å²) in [5.41, 5.74) is 3.43. The van der Waals surface area contributed by atoms with Crippen LogP contribution in [0.3, 0.4) is 0 Å². The minimum atomic E-state index is -0.818. The van der Waals surface area contributed by atoms with Crippen LogP contribution < -0.4 is 4.74 Å². The van der Waals surface area contributed by atoms with Crippen LogP contribution in [0.2, 0.25) is 0 Å². The summed E-state index contributed by atoms with van der Waals surface area (Å²) in [5, 5.41) is 10.9. The maximum Gasteiger partial charge on any atom is 0.133 e. The lowest BCUT2D eigenvalue weighted by molar-refractivity contribution is 0.206. The number of pyridine rings is 1. The van der Waals surface area contributed by atoms with E-state index in [4.69, 9.17) is 4.74 Å². The number of ether oxygens (including phenoxy) is 1. The number of aromatic nitrogens is 1. The number of hydrogen-bond acceptors (Lipinski definition) is 3. The van der Waals surface area contributed by atoms with E-state index in [9.17, 15) is 5.11 Å². The monoisotopic (exact) mass is 333 g/mol. The average molecular weight is 333 g/mol. The number of hydrogen-bond donors (Lipinski definition) is 1. The molecule has 1 N–H and O–H groups in total. The van der Waals surface area contributed by atoms with Gasteiger partial charge in [-0.2, -0.15) is 0 Å². The third-order valence-corrected chi connectivity index (χ3v) is 4.14. The van der Waals surface area contributed by atoms with Gasteiger partial charge in [-0.05, 0) is 24.1 Å². The molecule has 1 aromatic heterocycles. The summed E-state index contributed by atoms with van der Waals surface area (Å²) in [6.45, 7) is 2.76. The molecule has 0 fully saturated rings. The van der Waals surface area contributed by atoms with Gasteiger partial charge in [0.05, 0.1) is 12.3 Å². The SMILES string of the molecule is CCCCOc1c(-c2ccccc2)cccc1C(O)c1ccccn1.